The van der Waals surface area contributed by atoms with E-state index >= 15 is 0 Å². The van der Waals surface area contributed by atoms with Crippen LogP contribution in [0.3, 0.4) is 0 Å². The summed E-state index contributed by atoms with van der Waals surface area (Å²) in [5, 5.41) is 3.32. The maximum atomic E-state index is 5.13. The Morgan fingerprint density at radius 2 is 2.20 bits per heavy atom. The molecule has 1 atom stereocenters. The van der Waals surface area contributed by atoms with E-state index in [9.17, 15) is 0 Å². The monoisotopic (exact) mass is 276 g/mol. The molecule has 1 aromatic rings. The molecular weight excluding hydrogens is 248 g/mol. The van der Waals surface area contributed by atoms with Crippen LogP contribution in [0, 0.1) is 0 Å². The summed E-state index contributed by atoms with van der Waals surface area (Å²) >= 11 is 0. The molecule has 1 aromatic carbocycles. The van der Waals surface area contributed by atoms with Crippen molar-refractivity contribution in [3.63, 3.8) is 0 Å². The molecule has 0 saturated heterocycles. The molecule has 1 aliphatic rings. The number of benzene rings is 1. The summed E-state index contributed by atoms with van der Waals surface area (Å²) < 4.78 is 5.13. The minimum atomic E-state index is 0.428. The van der Waals surface area contributed by atoms with E-state index in [-0.39, 0.29) is 0 Å². The third-order valence-electron chi connectivity index (χ3n) is 4.28. The van der Waals surface area contributed by atoms with Crippen LogP contribution in [-0.2, 0) is 11.2 Å². The normalized spacial score (nSPS) is 16.1. The van der Waals surface area contributed by atoms with Crippen molar-refractivity contribution in [1.82, 2.24) is 5.32 Å². The lowest BCUT2D eigenvalue weighted by Gasteiger charge is -2.32. The van der Waals surface area contributed by atoms with Crippen molar-refractivity contribution in [1.29, 1.82) is 0 Å². The minimum absolute atomic E-state index is 0.428. The predicted octanol–water partition coefficient (Wildman–Crippen LogP) is 3.15. The van der Waals surface area contributed by atoms with Crippen LogP contribution in [0.5, 0.6) is 0 Å². The number of anilines is 1. The van der Waals surface area contributed by atoms with Crippen molar-refractivity contribution in [3.8, 4) is 0 Å². The van der Waals surface area contributed by atoms with Gasteiger partial charge in [-0.1, -0.05) is 12.1 Å². The average Bonchev–Trinajstić information content (AvgIpc) is 2.50. The number of fused-ring (bicyclic) bond motifs is 1. The second-order valence-electron chi connectivity index (χ2n) is 5.69. The van der Waals surface area contributed by atoms with Crippen molar-refractivity contribution in [2.75, 3.05) is 38.8 Å². The predicted molar refractivity (Wildman–Crippen MR) is 85.6 cm³/mol. The molecule has 2 rings (SSSR count). The SMILES string of the molecule is CNC(C)c1ccc2c(c1)CCCN2CCCCOC. The van der Waals surface area contributed by atoms with E-state index in [4.69, 9.17) is 4.74 Å². The van der Waals surface area contributed by atoms with Gasteiger partial charge in [-0.3, -0.25) is 0 Å². The maximum absolute atomic E-state index is 5.13. The number of hydrogen-bond donors (Lipinski definition) is 1. The van der Waals surface area contributed by atoms with Gasteiger partial charge in [0, 0.05) is 38.5 Å². The topological polar surface area (TPSA) is 24.5 Å². The molecule has 0 fully saturated rings. The molecule has 0 amide bonds. The van der Waals surface area contributed by atoms with Gasteiger partial charge in [0.2, 0.25) is 0 Å². The lowest BCUT2D eigenvalue weighted by Crippen LogP contribution is -2.30. The molecule has 1 aliphatic heterocycles. The van der Waals surface area contributed by atoms with E-state index < -0.39 is 0 Å². The molecule has 0 aromatic heterocycles. The highest BCUT2D eigenvalue weighted by molar-refractivity contribution is 5.57. The highest BCUT2D eigenvalue weighted by Crippen LogP contribution is 2.29. The minimum Gasteiger partial charge on any atom is -0.385 e. The van der Waals surface area contributed by atoms with Crippen molar-refractivity contribution in [2.24, 2.45) is 0 Å². The van der Waals surface area contributed by atoms with Crippen molar-refractivity contribution < 1.29 is 4.74 Å². The molecule has 112 valence electrons. The van der Waals surface area contributed by atoms with E-state index in [1.165, 1.54) is 42.6 Å². The van der Waals surface area contributed by atoms with Crippen LogP contribution in [0.15, 0.2) is 18.2 Å². The van der Waals surface area contributed by atoms with Gasteiger partial charge in [0.05, 0.1) is 0 Å². The molecule has 20 heavy (non-hydrogen) atoms. The Bertz CT molecular complexity index is 419. The maximum Gasteiger partial charge on any atom is 0.0462 e. The van der Waals surface area contributed by atoms with E-state index in [0.29, 0.717) is 6.04 Å². The second kappa shape index (κ2) is 7.65. The number of methoxy groups -OCH3 is 1. The number of nitrogens with zero attached hydrogens (tertiary/aromatic N) is 1. The van der Waals surface area contributed by atoms with Crippen LogP contribution in [0.2, 0.25) is 0 Å². The summed E-state index contributed by atoms with van der Waals surface area (Å²) in [6, 6.07) is 7.40. The average molecular weight is 276 g/mol. The fourth-order valence-corrected chi connectivity index (χ4v) is 2.91. The first-order chi connectivity index (χ1) is 9.76. The second-order valence-corrected chi connectivity index (χ2v) is 5.69. The molecular formula is C17H28N2O. The summed E-state index contributed by atoms with van der Waals surface area (Å²) in [6.45, 7) is 5.44. The van der Waals surface area contributed by atoms with Gasteiger partial charge in [-0.25, -0.2) is 0 Å². The number of rotatable bonds is 7. The van der Waals surface area contributed by atoms with Gasteiger partial charge >= 0.3 is 0 Å². The summed E-state index contributed by atoms with van der Waals surface area (Å²) in [5.41, 5.74) is 4.36. The van der Waals surface area contributed by atoms with Crippen LogP contribution in [0.25, 0.3) is 0 Å². The van der Waals surface area contributed by atoms with E-state index in [2.05, 4.69) is 35.3 Å². The summed E-state index contributed by atoms with van der Waals surface area (Å²) in [4.78, 5) is 2.54. The van der Waals surface area contributed by atoms with Gasteiger partial charge in [0.1, 0.15) is 0 Å². The first-order valence-corrected chi connectivity index (χ1v) is 7.80. The van der Waals surface area contributed by atoms with Gasteiger partial charge in [-0.05, 0) is 56.8 Å². The molecule has 3 heteroatoms. The Hall–Kier alpha value is -1.06. The summed E-state index contributed by atoms with van der Waals surface area (Å²) in [6.07, 6.45) is 4.85. The molecule has 0 bridgehead atoms. The summed E-state index contributed by atoms with van der Waals surface area (Å²) in [7, 11) is 3.80. The van der Waals surface area contributed by atoms with Crippen LogP contribution in [0.1, 0.15) is 43.4 Å². The fourth-order valence-electron chi connectivity index (χ4n) is 2.91. The standard InChI is InChI=1S/C17H28N2O/c1-14(18-2)15-8-9-17-16(13-15)7-6-11-19(17)10-4-5-12-20-3/h8-9,13-14,18H,4-7,10-12H2,1-3H3. The molecule has 0 radical (unpaired) electrons. The Morgan fingerprint density at radius 3 is 2.95 bits per heavy atom. The Morgan fingerprint density at radius 1 is 1.35 bits per heavy atom. The zero-order valence-corrected chi connectivity index (χ0v) is 13.1. The van der Waals surface area contributed by atoms with Gasteiger partial charge in [-0.2, -0.15) is 0 Å². The molecule has 1 heterocycles. The number of unbranched alkanes of at least 4 members (excludes halogenated alkanes) is 1. The van der Waals surface area contributed by atoms with Crippen molar-refractivity contribution >= 4 is 5.69 Å². The lowest BCUT2D eigenvalue weighted by atomic mass is 9.96. The zero-order valence-electron chi connectivity index (χ0n) is 13.1. The van der Waals surface area contributed by atoms with Crippen LogP contribution in [0.4, 0.5) is 5.69 Å². The van der Waals surface area contributed by atoms with E-state index in [1.54, 1.807) is 7.11 Å². The van der Waals surface area contributed by atoms with Crippen LogP contribution >= 0.6 is 0 Å². The quantitative estimate of drug-likeness (QED) is 0.774. The van der Waals surface area contributed by atoms with Gasteiger partial charge in [-0.15, -0.1) is 0 Å². The van der Waals surface area contributed by atoms with E-state index in [1.807, 2.05) is 7.05 Å². The number of nitrogens with one attached hydrogen (secondary N) is 1. The Balaban J connectivity index is 2.03. The van der Waals surface area contributed by atoms with Crippen LogP contribution < -0.4 is 10.2 Å². The van der Waals surface area contributed by atoms with Crippen LogP contribution in [-0.4, -0.2) is 33.9 Å². The zero-order chi connectivity index (χ0) is 14.4. The highest BCUT2D eigenvalue weighted by Gasteiger charge is 2.17. The van der Waals surface area contributed by atoms with E-state index in [0.717, 1.165) is 19.6 Å². The third kappa shape index (κ3) is 3.74. The Kier molecular flexibility index (Phi) is 5.86. The fraction of sp³-hybridized carbons (Fsp3) is 0.647. The van der Waals surface area contributed by atoms with Gasteiger partial charge in [0.15, 0.2) is 0 Å². The molecule has 0 saturated carbocycles. The van der Waals surface area contributed by atoms with Crippen molar-refractivity contribution in [3.05, 3.63) is 29.3 Å². The largest absolute Gasteiger partial charge is 0.385 e. The Labute approximate surface area is 123 Å². The van der Waals surface area contributed by atoms with Gasteiger partial charge < -0.3 is 15.0 Å². The first kappa shape index (κ1) is 15.3. The number of aryl methyl sites for hydroxylation is 1. The number of ether oxygens (including phenoxy) is 1. The molecule has 0 spiro atoms. The van der Waals surface area contributed by atoms with Gasteiger partial charge in [0.25, 0.3) is 0 Å². The van der Waals surface area contributed by atoms with Crippen molar-refractivity contribution in [2.45, 2.75) is 38.6 Å². The lowest BCUT2D eigenvalue weighted by molar-refractivity contribution is 0.193. The third-order valence-corrected chi connectivity index (χ3v) is 4.28. The summed E-state index contributed by atoms with van der Waals surface area (Å²) in [5.74, 6) is 0. The smallest absolute Gasteiger partial charge is 0.0462 e. The molecule has 3 nitrogen and oxygen atoms in total. The molecule has 0 aliphatic carbocycles. The molecule has 1 unspecified atom stereocenters. The first-order valence-electron chi connectivity index (χ1n) is 7.80. The highest BCUT2D eigenvalue weighted by atomic mass is 16.5. The number of hydrogen-bond acceptors (Lipinski definition) is 3. The molecule has 1 N–H and O–H groups in total.